The molecule has 4 rings (SSSR count). The van der Waals surface area contributed by atoms with Gasteiger partial charge in [0, 0.05) is 23.6 Å². The van der Waals surface area contributed by atoms with Gasteiger partial charge in [-0.25, -0.2) is 9.37 Å². The molecule has 4 aromatic rings. The van der Waals surface area contributed by atoms with Crippen LogP contribution >= 0.6 is 11.6 Å². The van der Waals surface area contributed by atoms with Gasteiger partial charge in [-0.3, -0.25) is 0 Å². The second-order valence-electron chi connectivity index (χ2n) is 5.12. The van der Waals surface area contributed by atoms with Crippen LogP contribution in [-0.4, -0.2) is 31.5 Å². The number of H-pyrrole nitrogens is 2. The lowest BCUT2D eigenvalue weighted by Crippen LogP contribution is -2.07. The van der Waals surface area contributed by atoms with E-state index in [4.69, 9.17) is 11.6 Å². The Morgan fingerprint density at radius 2 is 2.13 bits per heavy atom. The van der Waals surface area contributed by atoms with Crippen molar-refractivity contribution >= 4 is 39.5 Å². The normalized spacial score (nSPS) is 11.4. The molecule has 8 heteroatoms. The highest BCUT2D eigenvalue weighted by Crippen LogP contribution is 2.21. The van der Waals surface area contributed by atoms with Crippen molar-refractivity contribution in [3.8, 4) is 0 Å². The van der Waals surface area contributed by atoms with Crippen molar-refractivity contribution < 1.29 is 4.39 Å². The maximum absolute atomic E-state index is 13.4. The summed E-state index contributed by atoms with van der Waals surface area (Å²) >= 11 is 5.89. The van der Waals surface area contributed by atoms with Crippen LogP contribution in [0, 0.1) is 5.82 Å². The molecule has 0 atom stereocenters. The average Bonchev–Trinajstić information content (AvgIpc) is 3.14. The maximum atomic E-state index is 13.4. The number of benzene rings is 1. The molecule has 0 aliphatic carbocycles. The molecular weight excluding hydrogens is 319 g/mol. The van der Waals surface area contributed by atoms with E-state index in [9.17, 15) is 4.39 Å². The fraction of sp³-hybridized carbons (Fsp3) is 0.133. The molecule has 0 amide bonds. The Morgan fingerprint density at radius 3 is 3.04 bits per heavy atom. The highest BCUT2D eigenvalue weighted by Gasteiger charge is 2.09. The Balaban J connectivity index is 1.54. The summed E-state index contributed by atoms with van der Waals surface area (Å²) in [6.07, 6.45) is 4.15. The number of hydrogen-bond acceptors (Lipinski definition) is 4. The quantitative estimate of drug-likeness (QED) is 0.501. The first-order valence-electron chi connectivity index (χ1n) is 7.07. The Bertz CT molecular complexity index is 992. The van der Waals surface area contributed by atoms with Crippen LogP contribution in [0.15, 0.2) is 30.7 Å². The molecule has 116 valence electrons. The van der Waals surface area contributed by atoms with Crippen LogP contribution in [-0.2, 0) is 6.42 Å². The molecule has 23 heavy (non-hydrogen) atoms. The first kappa shape index (κ1) is 14.0. The van der Waals surface area contributed by atoms with Crippen molar-refractivity contribution in [3.63, 3.8) is 0 Å². The van der Waals surface area contributed by atoms with Crippen LogP contribution in [0.25, 0.3) is 22.1 Å². The lowest BCUT2D eigenvalue weighted by molar-refractivity contribution is 0.629. The number of aromatic nitrogens is 5. The fourth-order valence-electron chi connectivity index (χ4n) is 2.61. The lowest BCUT2D eigenvalue weighted by atomic mass is 10.1. The summed E-state index contributed by atoms with van der Waals surface area (Å²) in [5, 5.41) is 4.25. The number of nitrogens with one attached hydrogen (secondary N) is 3. The van der Waals surface area contributed by atoms with Gasteiger partial charge in [-0.15, -0.1) is 0 Å². The van der Waals surface area contributed by atoms with Crippen LogP contribution in [0.5, 0.6) is 0 Å². The van der Waals surface area contributed by atoms with Crippen LogP contribution in [0.3, 0.4) is 0 Å². The zero-order chi connectivity index (χ0) is 15.8. The van der Waals surface area contributed by atoms with Crippen LogP contribution in [0.1, 0.15) is 5.56 Å². The van der Waals surface area contributed by atoms with Gasteiger partial charge in [0.25, 0.3) is 0 Å². The molecule has 0 fully saturated rings. The van der Waals surface area contributed by atoms with Crippen LogP contribution < -0.4 is 5.32 Å². The minimum absolute atomic E-state index is 0.140. The van der Waals surface area contributed by atoms with Gasteiger partial charge in [0.2, 0.25) is 5.28 Å². The zero-order valence-corrected chi connectivity index (χ0v) is 12.7. The Kier molecular flexibility index (Phi) is 3.34. The third-order valence-corrected chi connectivity index (χ3v) is 3.84. The summed E-state index contributed by atoms with van der Waals surface area (Å²) < 4.78 is 13.4. The van der Waals surface area contributed by atoms with E-state index in [1.807, 2.05) is 6.20 Å². The second-order valence-corrected chi connectivity index (χ2v) is 5.46. The fourth-order valence-corrected chi connectivity index (χ4v) is 2.77. The second kappa shape index (κ2) is 5.51. The monoisotopic (exact) mass is 330 g/mol. The molecule has 0 bridgehead atoms. The Morgan fingerprint density at radius 1 is 1.22 bits per heavy atom. The van der Waals surface area contributed by atoms with E-state index < -0.39 is 0 Å². The minimum atomic E-state index is -0.243. The molecule has 0 aliphatic heterocycles. The number of fused-ring (bicyclic) bond motifs is 2. The molecular formula is C15H12ClFN6. The number of nitrogens with zero attached hydrogens (tertiary/aromatic N) is 3. The first-order valence-corrected chi connectivity index (χ1v) is 7.44. The predicted molar refractivity (Wildman–Crippen MR) is 87.1 cm³/mol. The first-order chi connectivity index (χ1) is 11.2. The number of halogens is 2. The molecule has 0 saturated carbocycles. The third-order valence-electron chi connectivity index (χ3n) is 3.67. The van der Waals surface area contributed by atoms with Crippen molar-refractivity contribution in [1.29, 1.82) is 0 Å². The lowest BCUT2D eigenvalue weighted by Gasteiger charge is -2.06. The topological polar surface area (TPSA) is 82.3 Å². The van der Waals surface area contributed by atoms with Crippen molar-refractivity contribution in [2.24, 2.45) is 0 Å². The van der Waals surface area contributed by atoms with E-state index in [1.165, 1.54) is 12.1 Å². The summed E-state index contributed by atoms with van der Waals surface area (Å²) in [5.74, 6) is 0.358. The maximum Gasteiger partial charge on any atom is 0.226 e. The SMILES string of the molecule is Fc1ccc2[nH]cc(CCNc3nc(Cl)nc4nc[nH]c34)c2c1. The standard InChI is InChI=1S/C15H12ClFN6/c16-15-22-13(12-14(23-15)21-7-20-12)18-4-3-8-6-19-11-2-1-9(17)5-10(8)11/h1-2,5-7,19H,3-4H2,(H2,18,20,21,22,23). The van der Waals surface area contributed by atoms with Gasteiger partial charge in [0.15, 0.2) is 11.5 Å². The van der Waals surface area contributed by atoms with Gasteiger partial charge in [-0.05, 0) is 41.8 Å². The molecule has 0 saturated heterocycles. The molecule has 0 radical (unpaired) electrons. The van der Waals surface area contributed by atoms with E-state index in [2.05, 4.69) is 30.2 Å². The predicted octanol–water partition coefficient (Wildman–Crippen LogP) is 3.28. The summed E-state index contributed by atoms with van der Waals surface area (Å²) in [7, 11) is 0. The van der Waals surface area contributed by atoms with Gasteiger partial charge in [0.1, 0.15) is 11.3 Å². The molecule has 1 aromatic carbocycles. The largest absolute Gasteiger partial charge is 0.368 e. The third kappa shape index (κ3) is 2.59. The molecule has 3 N–H and O–H groups in total. The zero-order valence-electron chi connectivity index (χ0n) is 11.9. The summed E-state index contributed by atoms with van der Waals surface area (Å²) in [6, 6.07) is 4.72. The molecule has 3 heterocycles. The van der Waals surface area contributed by atoms with E-state index in [0.29, 0.717) is 29.9 Å². The van der Waals surface area contributed by atoms with Crippen molar-refractivity contribution in [2.75, 3.05) is 11.9 Å². The summed E-state index contributed by atoms with van der Waals surface area (Å²) in [5.41, 5.74) is 3.18. The summed E-state index contributed by atoms with van der Waals surface area (Å²) in [6.45, 7) is 0.616. The number of aromatic amines is 2. The van der Waals surface area contributed by atoms with Gasteiger partial charge < -0.3 is 15.3 Å². The number of hydrogen-bond donors (Lipinski definition) is 3. The molecule has 0 unspecified atom stereocenters. The Hall–Kier alpha value is -2.67. The van der Waals surface area contributed by atoms with Gasteiger partial charge in [0.05, 0.1) is 6.33 Å². The van der Waals surface area contributed by atoms with E-state index in [-0.39, 0.29) is 11.1 Å². The van der Waals surface area contributed by atoms with Gasteiger partial charge in [-0.2, -0.15) is 9.97 Å². The van der Waals surface area contributed by atoms with Crippen LogP contribution in [0.4, 0.5) is 10.2 Å². The van der Waals surface area contributed by atoms with Crippen molar-refractivity contribution in [1.82, 2.24) is 24.9 Å². The molecule has 0 spiro atoms. The highest BCUT2D eigenvalue weighted by atomic mass is 35.5. The highest BCUT2D eigenvalue weighted by molar-refractivity contribution is 6.28. The van der Waals surface area contributed by atoms with E-state index >= 15 is 0 Å². The van der Waals surface area contributed by atoms with E-state index in [0.717, 1.165) is 16.5 Å². The van der Waals surface area contributed by atoms with Crippen LogP contribution in [0.2, 0.25) is 5.28 Å². The smallest absolute Gasteiger partial charge is 0.226 e. The van der Waals surface area contributed by atoms with Crippen molar-refractivity contribution in [2.45, 2.75) is 6.42 Å². The number of imidazole rings is 1. The number of anilines is 1. The number of rotatable bonds is 4. The molecule has 3 aromatic heterocycles. The summed E-state index contributed by atoms with van der Waals surface area (Å²) in [4.78, 5) is 18.4. The minimum Gasteiger partial charge on any atom is -0.368 e. The average molecular weight is 331 g/mol. The van der Waals surface area contributed by atoms with E-state index in [1.54, 1.807) is 12.4 Å². The van der Waals surface area contributed by atoms with Crippen molar-refractivity contribution in [3.05, 3.63) is 47.4 Å². The Labute approximate surface area is 135 Å². The van der Waals surface area contributed by atoms with Gasteiger partial charge >= 0.3 is 0 Å². The van der Waals surface area contributed by atoms with Gasteiger partial charge in [-0.1, -0.05) is 0 Å². The molecule has 0 aliphatic rings. The molecule has 6 nitrogen and oxygen atoms in total.